The summed E-state index contributed by atoms with van der Waals surface area (Å²) in [5.74, 6) is 0.507. The number of hydrazone groups is 1. The molecule has 120 valence electrons. The summed E-state index contributed by atoms with van der Waals surface area (Å²) in [5.41, 5.74) is 6.21. The molecule has 2 aromatic rings. The molecule has 3 rings (SSSR count). The van der Waals surface area contributed by atoms with Gasteiger partial charge in [0, 0.05) is 31.2 Å². The fourth-order valence-electron chi connectivity index (χ4n) is 2.80. The largest absolute Gasteiger partial charge is 0.372 e. The second-order valence-corrected chi connectivity index (χ2v) is 5.83. The Bertz CT molecular complexity index is 628. The van der Waals surface area contributed by atoms with Gasteiger partial charge in [-0.05, 0) is 43.5 Å². The predicted octanol–water partition coefficient (Wildman–Crippen LogP) is 3.69. The molecule has 23 heavy (non-hydrogen) atoms. The summed E-state index contributed by atoms with van der Waals surface area (Å²) < 4.78 is 0. The van der Waals surface area contributed by atoms with Crippen LogP contribution < -0.4 is 10.3 Å². The van der Waals surface area contributed by atoms with Gasteiger partial charge in [-0.3, -0.25) is 0 Å². The van der Waals surface area contributed by atoms with Gasteiger partial charge in [0.05, 0.1) is 5.71 Å². The van der Waals surface area contributed by atoms with Crippen LogP contribution in [0.3, 0.4) is 0 Å². The molecular weight excluding hydrogens is 286 g/mol. The molecule has 2 heterocycles. The minimum Gasteiger partial charge on any atom is -0.372 e. The lowest BCUT2D eigenvalue weighted by atomic mass is 10.1. The zero-order valence-corrected chi connectivity index (χ0v) is 13.6. The van der Waals surface area contributed by atoms with Crippen molar-refractivity contribution in [2.24, 2.45) is 5.10 Å². The van der Waals surface area contributed by atoms with Crippen LogP contribution in [0.15, 0.2) is 47.8 Å². The SMILES string of the molecule is C/C(=N\Nc1ncccn1)c1ccc(N2CCCCCC2)cc1. The maximum atomic E-state index is 4.35. The van der Waals surface area contributed by atoms with Gasteiger partial charge in [0.15, 0.2) is 0 Å². The fourth-order valence-corrected chi connectivity index (χ4v) is 2.80. The van der Waals surface area contributed by atoms with E-state index in [-0.39, 0.29) is 0 Å². The average Bonchev–Trinajstić information content (AvgIpc) is 2.90. The van der Waals surface area contributed by atoms with E-state index in [0.29, 0.717) is 5.95 Å². The molecule has 0 radical (unpaired) electrons. The molecule has 0 bridgehead atoms. The number of aromatic nitrogens is 2. The number of nitrogens with one attached hydrogen (secondary N) is 1. The standard InChI is InChI=1S/C18H23N5/c1-15(21-22-18-19-11-6-12-20-18)16-7-9-17(10-8-16)23-13-4-2-3-5-14-23/h6-12H,2-5,13-14H2,1H3,(H,19,20,22)/b21-15+. The molecule has 0 saturated carbocycles. The smallest absolute Gasteiger partial charge is 0.243 e. The van der Waals surface area contributed by atoms with E-state index in [2.05, 4.69) is 49.7 Å². The zero-order chi connectivity index (χ0) is 15.9. The Labute approximate surface area is 137 Å². The molecule has 1 aromatic carbocycles. The molecule has 1 fully saturated rings. The second kappa shape index (κ2) is 7.72. The van der Waals surface area contributed by atoms with Gasteiger partial charge in [-0.15, -0.1) is 0 Å². The Balaban J connectivity index is 1.66. The first-order valence-electron chi connectivity index (χ1n) is 8.25. The zero-order valence-electron chi connectivity index (χ0n) is 13.6. The molecular formula is C18H23N5. The molecule has 0 unspecified atom stereocenters. The molecule has 5 heteroatoms. The first-order valence-corrected chi connectivity index (χ1v) is 8.25. The van der Waals surface area contributed by atoms with Gasteiger partial charge in [0.1, 0.15) is 0 Å². The van der Waals surface area contributed by atoms with Crippen LogP contribution in [0.5, 0.6) is 0 Å². The van der Waals surface area contributed by atoms with Crippen molar-refractivity contribution in [1.29, 1.82) is 0 Å². The number of benzene rings is 1. The van der Waals surface area contributed by atoms with Crippen LogP contribution in [-0.4, -0.2) is 28.8 Å². The van der Waals surface area contributed by atoms with E-state index in [9.17, 15) is 0 Å². The van der Waals surface area contributed by atoms with E-state index in [1.54, 1.807) is 18.5 Å². The van der Waals surface area contributed by atoms with Gasteiger partial charge in [0.25, 0.3) is 0 Å². The Morgan fingerprint density at radius 3 is 2.30 bits per heavy atom. The van der Waals surface area contributed by atoms with E-state index < -0.39 is 0 Å². The number of hydrogen-bond acceptors (Lipinski definition) is 5. The second-order valence-electron chi connectivity index (χ2n) is 5.83. The number of anilines is 2. The first kappa shape index (κ1) is 15.5. The van der Waals surface area contributed by atoms with Crippen molar-refractivity contribution < 1.29 is 0 Å². The minimum atomic E-state index is 0.507. The van der Waals surface area contributed by atoms with Gasteiger partial charge in [-0.25, -0.2) is 15.4 Å². The maximum Gasteiger partial charge on any atom is 0.243 e. The third kappa shape index (κ3) is 4.28. The summed E-state index contributed by atoms with van der Waals surface area (Å²) in [6.07, 6.45) is 8.68. The normalized spacial score (nSPS) is 16.0. The Morgan fingerprint density at radius 2 is 1.65 bits per heavy atom. The Morgan fingerprint density at radius 1 is 1.00 bits per heavy atom. The van der Waals surface area contributed by atoms with Gasteiger partial charge in [-0.1, -0.05) is 25.0 Å². The van der Waals surface area contributed by atoms with Crippen molar-refractivity contribution in [3.8, 4) is 0 Å². The van der Waals surface area contributed by atoms with Crippen LogP contribution in [-0.2, 0) is 0 Å². The highest BCUT2D eigenvalue weighted by Crippen LogP contribution is 2.20. The van der Waals surface area contributed by atoms with Crippen molar-refractivity contribution in [3.05, 3.63) is 48.3 Å². The molecule has 1 N–H and O–H groups in total. The summed E-state index contributed by atoms with van der Waals surface area (Å²) in [4.78, 5) is 10.7. The Kier molecular flexibility index (Phi) is 5.19. The van der Waals surface area contributed by atoms with Crippen LogP contribution >= 0.6 is 0 Å². The maximum absolute atomic E-state index is 4.35. The number of hydrogen-bond donors (Lipinski definition) is 1. The molecule has 1 aliphatic rings. The highest BCUT2D eigenvalue weighted by molar-refractivity contribution is 5.99. The van der Waals surface area contributed by atoms with Crippen molar-refractivity contribution in [3.63, 3.8) is 0 Å². The molecule has 1 aromatic heterocycles. The van der Waals surface area contributed by atoms with E-state index >= 15 is 0 Å². The minimum absolute atomic E-state index is 0.507. The van der Waals surface area contributed by atoms with E-state index in [1.807, 2.05) is 6.92 Å². The van der Waals surface area contributed by atoms with Gasteiger partial charge in [-0.2, -0.15) is 5.10 Å². The quantitative estimate of drug-likeness (QED) is 0.691. The highest BCUT2D eigenvalue weighted by Gasteiger charge is 2.09. The molecule has 0 aliphatic carbocycles. The van der Waals surface area contributed by atoms with Gasteiger partial charge < -0.3 is 4.90 Å². The number of rotatable bonds is 4. The van der Waals surface area contributed by atoms with Crippen LogP contribution in [0.25, 0.3) is 0 Å². The van der Waals surface area contributed by atoms with E-state index in [1.165, 1.54) is 44.5 Å². The van der Waals surface area contributed by atoms with Gasteiger partial charge >= 0.3 is 0 Å². The third-order valence-electron chi connectivity index (χ3n) is 4.15. The monoisotopic (exact) mass is 309 g/mol. The van der Waals surface area contributed by atoms with Gasteiger partial charge in [0.2, 0.25) is 5.95 Å². The summed E-state index contributed by atoms with van der Waals surface area (Å²) in [7, 11) is 0. The lowest BCUT2D eigenvalue weighted by molar-refractivity contribution is 0.726. The molecule has 0 spiro atoms. The van der Waals surface area contributed by atoms with E-state index in [4.69, 9.17) is 0 Å². The summed E-state index contributed by atoms with van der Waals surface area (Å²) in [6.45, 7) is 4.32. The third-order valence-corrected chi connectivity index (χ3v) is 4.15. The van der Waals surface area contributed by atoms with Crippen LogP contribution in [0.1, 0.15) is 38.2 Å². The average molecular weight is 309 g/mol. The molecule has 0 atom stereocenters. The number of nitrogens with zero attached hydrogens (tertiary/aromatic N) is 4. The van der Waals surface area contributed by atoms with E-state index in [0.717, 1.165) is 11.3 Å². The lowest BCUT2D eigenvalue weighted by Crippen LogP contribution is -2.23. The van der Waals surface area contributed by atoms with Crippen LogP contribution in [0.4, 0.5) is 11.6 Å². The first-order chi connectivity index (χ1) is 11.3. The van der Waals surface area contributed by atoms with Crippen molar-refractivity contribution in [2.45, 2.75) is 32.6 Å². The summed E-state index contributed by atoms with van der Waals surface area (Å²) in [5, 5.41) is 4.35. The molecule has 5 nitrogen and oxygen atoms in total. The van der Waals surface area contributed by atoms with Crippen molar-refractivity contribution in [1.82, 2.24) is 9.97 Å². The Hall–Kier alpha value is -2.43. The molecule has 0 amide bonds. The highest BCUT2D eigenvalue weighted by atomic mass is 15.3. The predicted molar refractivity (Wildman–Crippen MR) is 95.0 cm³/mol. The van der Waals surface area contributed by atoms with Crippen LogP contribution in [0.2, 0.25) is 0 Å². The topological polar surface area (TPSA) is 53.4 Å². The fraction of sp³-hybridized carbons (Fsp3) is 0.389. The summed E-state index contributed by atoms with van der Waals surface area (Å²) in [6, 6.07) is 10.4. The van der Waals surface area contributed by atoms with Crippen molar-refractivity contribution in [2.75, 3.05) is 23.4 Å². The molecule has 1 saturated heterocycles. The molecule has 1 aliphatic heterocycles. The van der Waals surface area contributed by atoms with Crippen LogP contribution in [0, 0.1) is 0 Å². The van der Waals surface area contributed by atoms with Crippen molar-refractivity contribution >= 4 is 17.3 Å². The lowest BCUT2D eigenvalue weighted by Gasteiger charge is -2.22. The summed E-state index contributed by atoms with van der Waals surface area (Å²) >= 11 is 0.